The molecule has 5 aromatic rings. The summed E-state index contributed by atoms with van der Waals surface area (Å²) in [5, 5.41) is 0.294. The topological polar surface area (TPSA) is 100 Å². The minimum atomic E-state index is -0.735. The molecular formula is C36H37F2N7O2. The smallest absolute Gasteiger partial charge is 0.348 e. The summed E-state index contributed by atoms with van der Waals surface area (Å²) in [5.41, 5.74) is 2.86. The number of amides is 1. The predicted octanol–water partition coefficient (Wildman–Crippen LogP) is 5.97. The third-order valence-corrected chi connectivity index (χ3v) is 8.82. The molecule has 1 N–H and O–H groups in total. The van der Waals surface area contributed by atoms with Gasteiger partial charge in [0, 0.05) is 60.2 Å². The fourth-order valence-electron chi connectivity index (χ4n) is 6.36. The van der Waals surface area contributed by atoms with Crippen molar-refractivity contribution in [2.24, 2.45) is 0 Å². The zero-order chi connectivity index (χ0) is 33.4. The SMILES string of the molecule is C=CC(=O)N1C[C@H](C)N(c2nc(=O)[nH]c3nc(-c4c(F)cccc4CCc4cccn4-c4ccnc(C(C)C)c4)c(F)cc23)C[C@H]1C. The minimum Gasteiger partial charge on any atom is -0.349 e. The Kier molecular flexibility index (Phi) is 8.72. The Labute approximate surface area is 271 Å². The maximum Gasteiger partial charge on any atom is 0.348 e. The molecule has 47 heavy (non-hydrogen) atoms. The molecule has 1 aliphatic rings. The van der Waals surface area contributed by atoms with Gasteiger partial charge in [-0.2, -0.15) is 4.98 Å². The van der Waals surface area contributed by atoms with E-state index in [1.165, 1.54) is 18.2 Å². The molecule has 0 bridgehead atoms. The number of pyridine rings is 2. The van der Waals surface area contributed by atoms with Crippen molar-refractivity contribution >= 4 is 22.8 Å². The predicted molar refractivity (Wildman–Crippen MR) is 179 cm³/mol. The van der Waals surface area contributed by atoms with Gasteiger partial charge in [0.15, 0.2) is 0 Å². The monoisotopic (exact) mass is 637 g/mol. The van der Waals surface area contributed by atoms with Crippen molar-refractivity contribution < 1.29 is 13.6 Å². The summed E-state index contributed by atoms with van der Waals surface area (Å²) in [7, 11) is 0. The average Bonchev–Trinajstić information content (AvgIpc) is 3.53. The number of halogens is 2. The van der Waals surface area contributed by atoms with Crippen LogP contribution in [-0.2, 0) is 17.6 Å². The molecule has 9 nitrogen and oxygen atoms in total. The zero-order valence-electron chi connectivity index (χ0n) is 26.9. The molecule has 11 heteroatoms. The highest BCUT2D eigenvalue weighted by Crippen LogP contribution is 2.33. The molecule has 1 amide bonds. The van der Waals surface area contributed by atoms with Crippen LogP contribution in [0.5, 0.6) is 0 Å². The Morgan fingerprint density at radius 2 is 1.85 bits per heavy atom. The van der Waals surface area contributed by atoms with Crippen molar-refractivity contribution in [3.63, 3.8) is 0 Å². The van der Waals surface area contributed by atoms with Crippen molar-refractivity contribution in [3.8, 4) is 16.9 Å². The van der Waals surface area contributed by atoms with Crippen molar-refractivity contribution in [2.75, 3.05) is 18.0 Å². The third kappa shape index (κ3) is 6.17. The van der Waals surface area contributed by atoms with Crippen LogP contribution in [0.2, 0.25) is 0 Å². The van der Waals surface area contributed by atoms with E-state index in [2.05, 4.69) is 51.0 Å². The van der Waals surface area contributed by atoms with Gasteiger partial charge in [-0.1, -0.05) is 32.6 Å². The van der Waals surface area contributed by atoms with Crippen molar-refractivity contribution in [3.05, 3.63) is 113 Å². The van der Waals surface area contributed by atoms with E-state index in [1.807, 2.05) is 43.1 Å². The maximum atomic E-state index is 16.1. The maximum absolute atomic E-state index is 16.1. The lowest BCUT2D eigenvalue weighted by Gasteiger charge is -2.44. The summed E-state index contributed by atoms with van der Waals surface area (Å²) >= 11 is 0. The first kappa shape index (κ1) is 31.8. The standard InChI is InChI=1S/C36H37F2N7O2/c1-6-31(46)44-19-23(5)45(20-22(44)4)35-27-18-29(38)33(40-34(27)41-36(47)42-35)32-24(9-7-11-28(32)37)12-13-25-10-8-16-43(25)26-14-15-39-30(17-26)21(2)3/h6-11,14-18,21-23H,1,12-13,19-20H2,2-5H3,(H,40,41,42,47)/t22-,23+/m1/s1. The van der Waals surface area contributed by atoms with Gasteiger partial charge in [-0.3, -0.25) is 14.8 Å². The Morgan fingerprint density at radius 3 is 2.62 bits per heavy atom. The summed E-state index contributed by atoms with van der Waals surface area (Å²) in [4.78, 5) is 44.5. The third-order valence-electron chi connectivity index (χ3n) is 8.82. The molecule has 1 aliphatic heterocycles. The van der Waals surface area contributed by atoms with Gasteiger partial charge >= 0.3 is 5.69 Å². The summed E-state index contributed by atoms with van der Waals surface area (Å²) in [6.07, 6.45) is 6.02. The second kappa shape index (κ2) is 12.9. The van der Waals surface area contributed by atoms with E-state index in [1.54, 1.807) is 23.2 Å². The highest BCUT2D eigenvalue weighted by Gasteiger charge is 2.33. The number of nitrogens with zero attached hydrogens (tertiary/aromatic N) is 6. The van der Waals surface area contributed by atoms with Crippen LogP contribution in [0.15, 0.2) is 78.4 Å². The number of anilines is 1. The van der Waals surface area contributed by atoms with E-state index in [9.17, 15) is 9.59 Å². The Hall–Kier alpha value is -5.19. The van der Waals surface area contributed by atoms with Crippen LogP contribution < -0.4 is 10.6 Å². The van der Waals surface area contributed by atoms with Crippen molar-refractivity contribution in [1.29, 1.82) is 0 Å². The van der Waals surface area contributed by atoms with Gasteiger partial charge in [0.25, 0.3) is 0 Å². The van der Waals surface area contributed by atoms with Crippen LogP contribution in [0.4, 0.5) is 14.6 Å². The molecule has 0 unspecified atom stereocenters. The largest absolute Gasteiger partial charge is 0.349 e. The van der Waals surface area contributed by atoms with Gasteiger partial charge in [0.1, 0.15) is 28.8 Å². The molecule has 2 atom stereocenters. The van der Waals surface area contributed by atoms with E-state index in [0.717, 1.165) is 17.1 Å². The van der Waals surface area contributed by atoms with Crippen LogP contribution in [-0.4, -0.2) is 60.5 Å². The second-order valence-corrected chi connectivity index (χ2v) is 12.4. The van der Waals surface area contributed by atoms with E-state index < -0.39 is 17.3 Å². The van der Waals surface area contributed by atoms with E-state index in [-0.39, 0.29) is 46.6 Å². The number of rotatable bonds is 8. The number of hydrogen-bond acceptors (Lipinski definition) is 6. The van der Waals surface area contributed by atoms with Crippen molar-refractivity contribution in [2.45, 2.75) is 58.5 Å². The quantitative estimate of drug-likeness (QED) is 0.211. The Morgan fingerprint density at radius 1 is 1.04 bits per heavy atom. The second-order valence-electron chi connectivity index (χ2n) is 12.4. The average molecular weight is 638 g/mol. The number of fused-ring (bicyclic) bond motifs is 1. The first-order valence-electron chi connectivity index (χ1n) is 15.8. The molecule has 0 saturated carbocycles. The van der Waals surface area contributed by atoms with Gasteiger partial charge in [0.05, 0.1) is 5.39 Å². The number of benzene rings is 1. The summed E-state index contributed by atoms with van der Waals surface area (Å²) < 4.78 is 33.7. The molecule has 4 aromatic heterocycles. The number of piperazine rings is 1. The molecule has 1 aromatic carbocycles. The molecular weight excluding hydrogens is 600 g/mol. The lowest BCUT2D eigenvalue weighted by Crippen LogP contribution is -2.58. The molecule has 0 aliphatic carbocycles. The molecule has 6 rings (SSSR count). The highest BCUT2D eigenvalue weighted by atomic mass is 19.1. The molecule has 1 fully saturated rings. The number of H-pyrrole nitrogens is 1. The van der Waals surface area contributed by atoms with Gasteiger partial charge < -0.3 is 14.4 Å². The van der Waals surface area contributed by atoms with Gasteiger partial charge in [-0.25, -0.2) is 18.6 Å². The summed E-state index contributed by atoms with van der Waals surface area (Å²) in [6, 6.07) is 13.5. The number of aromatic nitrogens is 5. The summed E-state index contributed by atoms with van der Waals surface area (Å²) in [6.45, 7) is 12.3. The van der Waals surface area contributed by atoms with Gasteiger partial charge in [0.2, 0.25) is 5.91 Å². The Balaban J connectivity index is 1.34. The number of hydrogen-bond donors (Lipinski definition) is 1. The number of nitrogens with one attached hydrogen (secondary N) is 1. The minimum absolute atomic E-state index is 0.0498. The number of carbonyl (C=O) groups is 1. The fraction of sp³-hybridized carbons (Fsp3) is 0.306. The van der Waals surface area contributed by atoms with Crippen LogP contribution in [0.3, 0.4) is 0 Å². The Bertz CT molecular complexity index is 2040. The fourth-order valence-corrected chi connectivity index (χ4v) is 6.36. The van der Waals surface area contributed by atoms with Gasteiger partial charge in [-0.05, 0) is 80.6 Å². The normalized spacial score (nSPS) is 16.7. The molecule has 0 radical (unpaired) electrons. The van der Waals surface area contributed by atoms with E-state index >= 15 is 8.78 Å². The van der Waals surface area contributed by atoms with Crippen LogP contribution in [0.25, 0.3) is 28.0 Å². The molecule has 242 valence electrons. The number of aromatic amines is 1. The van der Waals surface area contributed by atoms with Gasteiger partial charge in [-0.15, -0.1) is 0 Å². The van der Waals surface area contributed by atoms with E-state index in [4.69, 9.17) is 0 Å². The molecule has 0 spiro atoms. The number of carbonyl (C=O) groups excluding carboxylic acids is 1. The first-order chi connectivity index (χ1) is 22.5. The van der Waals surface area contributed by atoms with E-state index in [0.29, 0.717) is 36.9 Å². The lowest BCUT2D eigenvalue weighted by molar-refractivity contribution is -0.128. The number of aryl methyl sites for hydroxylation is 2. The first-order valence-corrected chi connectivity index (χ1v) is 15.8. The lowest BCUT2D eigenvalue weighted by atomic mass is 9.97. The van der Waals surface area contributed by atoms with Crippen LogP contribution in [0.1, 0.15) is 50.6 Å². The summed E-state index contributed by atoms with van der Waals surface area (Å²) in [5.74, 6) is -0.988. The molecule has 1 saturated heterocycles. The highest BCUT2D eigenvalue weighted by molar-refractivity contribution is 5.90. The zero-order valence-corrected chi connectivity index (χ0v) is 26.9. The van der Waals surface area contributed by atoms with Crippen LogP contribution in [0, 0.1) is 11.6 Å². The van der Waals surface area contributed by atoms with Crippen LogP contribution >= 0.6 is 0 Å². The molecule has 5 heterocycles. The van der Waals surface area contributed by atoms with Crippen molar-refractivity contribution in [1.82, 2.24) is 29.4 Å².